The van der Waals surface area contributed by atoms with Crippen LogP contribution in [0, 0.1) is 0 Å². The highest BCUT2D eigenvalue weighted by atomic mass is 16.2. The normalized spacial score (nSPS) is 14.4. The van der Waals surface area contributed by atoms with Crippen LogP contribution in [0.1, 0.15) is 28.8 Å². The van der Waals surface area contributed by atoms with Crippen molar-refractivity contribution in [3.63, 3.8) is 0 Å². The summed E-state index contributed by atoms with van der Waals surface area (Å²) in [5, 5.41) is 16.2. The number of anilines is 1. The molecule has 1 fully saturated rings. The van der Waals surface area contributed by atoms with Gasteiger partial charge in [-0.05, 0) is 59.8 Å². The van der Waals surface area contributed by atoms with Gasteiger partial charge in [-0.1, -0.05) is 66.7 Å². The zero-order valence-electron chi connectivity index (χ0n) is 23.6. The van der Waals surface area contributed by atoms with Crippen molar-refractivity contribution in [2.75, 3.05) is 45.2 Å². The molecule has 3 amide bonds. The molecule has 1 heterocycles. The van der Waals surface area contributed by atoms with Gasteiger partial charge in [-0.15, -0.1) is 0 Å². The van der Waals surface area contributed by atoms with Crippen molar-refractivity contribution in [2.45, 2.75) is 24.8 Å². The Hall–Kier alpha value is -4.43. The third kappa shape index (κ3) is 6.18. The van der Waals surface area contributed by atoms with E-state index in [0.29, 0.717) is 38.0 Å². The molecular weight excluding hydrogens is 514 g/mol. The standard InChI is InChI=1S/C33H37N5O3/c1-38(2)29-15-14-28(26-12-5-6-13-27(26)29)31(40)37-33(16-18-34-19-17-33)32(41)36-21-20-35-30(39)22-24-10-7-9-23-8-3-4-11-25(23)24/h3-15,34H,16-22H2,1-2H3,(H,35,39)(H,36,41)(H,37,40). The molecule has 8 nitrogen and oxygen atoms in total. The van der Waals surface area contributed by atoms with E-state index in [1.54, 1.807) is 0 Å². The Morgan fingerprint density at radius 2 is 1.44 bits per heavy atom. The second-order valence-electron chi connectivity index (χ2n) is 10.8. The SMILES string of the molecule is CN(C)c1ccc(C(=O)NC2(C(=O)NCCNC(=O)Cc3cccc4ccccc34)CCNCC2)c2ccccc12. The number of fused-ring (bicyclic) bond motifs is 2. The van der Waals surface area contributed by atoms with E-state index in [4.69, 9.17) is 0 Å². The Kier molecular flexibility index (Phi) is 8.50. The number of benzene rings is 4. The average Bonchev–Trinajstić information content (AvgIpc) is 2.99. The molecule has 1 aliphatic heterocycles. The number of rotatable bonds is 9. The van der Waals surface area contributed by atoms with Gasteiger partial charge >= 0.3 is 0 Å². The summed E-state index contributed by atoms with van der Waals surface area (Å²) in [7, 11) is 3.95. The van der Waals surface area contributed by atoms with Crippen molar-refractivity contribution < 1.29 is 14.4 Å². The molecular formula is C33H37N5O3. The highest BCUT2D eigenvalue weighted by Crippen LogP contribution is 2.29. The van der Waals surface area contributed by atoms with Gasteiger partial charge in [0.15, 0.2) is 0 Å². The number of nitrogens with one attached hydrogen (secondary N) is 4. The van der Waals surface area contributed by atoms with Crippen LogP contribution in [0.2, 0.25) is 0 Å². The lowest BCUT2D eigenvalue weighted by Crippen LogP contribution is -2.63. The first-order chi connectivity index (χ1) is 19.9. The molecule has 41 heavy (non-hydrogen) atoms. The van der Waals surface area contributed by atoms with Crippen molar-refractivity contribution in [1.29, 1.82) is 0 Å². The molecule has 8 heteroatoms. The second-order valence-corrected chi connectivity index (χ2v) is 10.8. The number of nitrogens with zero attached hydrogens (tertiary/aromatic N) is 1. The third-order valence-corrected chi connectivity index (χ3v) is 7.84. The molecule has 0 atom stereocenters. The van der Waals surface area contributed by atoms with Gasteiger partial charge in [0.1, 0.15) is 5.54 Å². The van der Waals surface area contributed by atoms with Crippen LogP contribution >= 0.6 is 0 Å². The summed E-state index contributed by atoms with van der Waals surface area (Å²) in [5.74, 6) is -0.606. The number of hydrogen-bond acceptors (Lipinski definition) is 5. The van der Waals surface area contributed by atoms with Crippen LogP contribution in [0.3, 0.4) is 0 Å². The van der Waals surface area contributed by atoms with E-state index in [0.717, 1.165) is 32.8 Å². The Morgan fingerprint density at radius 3 is 2.20 bits per heavy atom. The van der Waals surface area contributed by atoms with Gasteiger partial charge in [-0.3, -0.25) is 14.4 Å². The summed E-state index contributed by atoms with van der Waals surface area (Å²) < 4.78 is 0. The highest BCUT2D eigenvalue weighted by molar-refractivity contribution is 6.11. The molecule has 4 aromatic carbocycles. The molecule has 4 aromatic rings. The quantitative estimate of drug-likeness (QED) is 0.239. The maximum atomic E-state index is 13.6. The predicted molar refractivity (Wildman–Crippen MR) is 164 cm³/mol. The van der Waals surface area contributed by atoms with E-state index in [9.17, 15) is 14.4 Å². The van der Waals surface area contributed by atoms with Crippen LogP contribution < -0.4 is 26.2 Å². The minimum atomic E-state index is -1.03. The molecule has 0 radical (unpaired) electrons. The van der Waals surface area contributed by atoms with E-state index in [1.807, 2.05) is 97.9 Å². The minimum absolute atomic E-state index is 0.103. The molecule has 0 aromatic heterocycles. The van der Waals surface area contributed by atoms with E-state index in [2.05, 4.69) is 21.3 Å². The Bertz CT molecular complexity index is 1570. The summed E-state index contributed by atoms with van der Waals surface area (Å²) in [6.07, 6.45) is 1.22. The fourth-order valence-electron chi connectivity index (χ4n) is 5.65. The summed E-state index contributed by atoms with van der Waals surface area (Å²) in [5.41, 5.74) is 1.50. The van der Waals surface area contributed by atoms with Crippen LogP contribution in [0.4, 0.5) is 5.69 Å². The summed E-state index contributed by atoms with van der Waals surface area (Å²) >= 11 is 0. The van der Waals surface area contributed by atoms with Crippen LogP contribution in [-0.4, -0.2) is 63.5 Å². The molecule has 0 saturated carbocycles. The number of carbonyl (C=O) groups excluding carboxylic acids is 3. The summed E-state index contributed by atoms with van der Waals surface area (Å²) in [6.45, 7) is 1.81. The van der Waals surface area contributed by atoms with E-state index >= 15 is 0 Å². The molecule has 5 rings (SSSR count). The van der Waals surface area contributed by atoms with Gasteiger partial charge in [0.2, 0.25) is 11.8 Å². The lowest BCUT2D eigenvalue weighted by molar-refractivity contribution is -0.128. The third-order valence-electron chi connectivity index (χ3n) is 7.84. The van der Waals surface area contributed by atoms with Crippen molar-refractivity contribution >= 4 is 45.0 Å². The van der Waals surface area contributed by atoms with Crippen molar-refractivity contribution in [3.8, 4) is 0 Å². The van der Waals surface area contributed by atoms with E-state index in [-0.39, 0.29) is 30.7 Å². The monoisotopic (exact) mass is 551 g/mol. The molecule has 4 N–H and O–H groups in total. The Morgan fingerprint density at radius 1 is 0.780 bits per heavy atom. The number of piperidine rings is 1. The Balaban J connectivity index is 1.22. The average molecular weight is 552 g/mol. The van der Waals surface area contributed by atoms with E-state index < -0.39 is 5.54 Å². The molecule has 0 unspecified atom stereocenters. The largest absolute Gasteiger partial charge is 0.377 e. The van der Waals surface area contributed by atoms with Gasteiger partial charge < -0.3 is 26.2 Å². The zero-order chi connectivity index (χ0) is 28.8. The second kappa shape index (κ2) is 12.4. The smallest absolute Gasteiger partial charge is 0.252 e. The molecule has 212 valence electrons. The van der Waals surface area contributed by atoms with Crippen LogP contribution in [0.15, 0.2) is 78.9 Å². The van der Waals surface area contributed by atoms with Gasteiger partial charge in [-0.2, -0.15) is 0 Å². The fraction of sp³-hybridized carbons (Fsp3) is 0.303. The number of carbonyl (C=O) groups is 3. The van der Waals surface area contributed by atoms with Crippen LogP contribution in [0.25, 0.3) is 21.5 Å². The lowest BCUT2D eigenvalue weighted by atomic mass is 9.86. The van der Waals surface area contributed by atoms with Gasteiger partial charge in [0.25, 0.3) is 5.91 Å². The van der Waals surface area contributed by atoms with Gasteiger partial charge in [0, 0.05) is 43.8 Å². The predicted octanol–water partition coefficient (Wildman–Crippen LogP) is 3.39. The van der Waals surface area contributed by atoms with Crippen molar-refractivity contribution in [1.82, 2.24) is 21.3 Å². The Labute approximate surface area is 240 Å². The maximum absolute atomic E-state index is 13.6. The minimum Gasteiger partial charge on any atom is -0.377 e. The van der Waals surface area contributed by atoms with Crippen LogP contribution in [-0.2, 0) is 16.0 Å². The lowest BCUT2D eigenvalue weighted by Gasteiger charge is -2.37. The molecule has 1 aliphatic rings. The van der Waals surface area contributed by atoms with Gasteiger partial charge in [0.05, 0.1) is 6.42 Å². The molecule has 0 bridgehead atoms. The topological polar surface area (TPSA) is 103 Å². The van der Waals surface area contributed by atoms with Gasteiger partial charge in [-0.25, -0.2) is 0 Å². The summed E-state index contributed by atoms with van der Waals surface area (Å²) in [4.78, 5) is 41.8. The molecule has 1 saturated heterocycles. The summed E-state index contributed by atoms with van der Waals surface area (Å²) in [6, 6.07) is 25.5. The number of hydrogen-bond donors (Lipinski definition) is 4. The number of amides is 3. The first-order valence-electron chi connectivity index (χ1n) is 14.1. The van der Waals surface area contributed by atoms with Crippen LogP contribution in [0.5, 0.6) is 0 Å². The fourth-order valence-corrected chi connectivity index (χ4v) is 5.65. The van der Waals surface area contributed by atoms with Crippen molar-refractivity contribution in [2.24, 2.45) is 0 Å². The maximum Gasteiger partial charge on any atom is 0.252 e. The first kappa shape index (κ1) is 28.1. The molecule has 0 spiro atoms. The highest BCUT2D eigenvalue weighted by Gasteiger charge is 2.41. The van der Waals surface area contributed by atoms with E-state index in [1.165, 1.54) is 0 Å². The zero-order valence-corrected chi connectivity index (χ0v) is 23.6. The molecule has 0 aliphatic carbocycles. The first-order valence-corrected chi connectivity index (χ1v) is 14.1. The van der Waals surface area contributed by atoms with Crippen molar-refractivity contribution in [3.05, 3.63) is 90.0 Å².